The fourth-order valence-corrected chi connectivity index (χ4v) is 3.12. The van der Waals surface area contributed by atoms with Crippen LogP contribution in [0.2, 0.25) is 0 Å². The molecule has 0 bridgehead atoms. The molecule has 5 heteroatoms. The molecule has 0 aliphatic carbocycles. The van der Waals surface area contributed by atoms with Crippen molar-refractivity contribution in [2.75, 3.05) is 7.11 Å². The number of benzene rings is 2. The van der Waals surface area contributed by atoms with Crippen molar-refractivity contribution in [3.05, 3.63) is 95.3 Å². The molecule has 2 heterocycles. The number of alkyl carbamates (subject to hydrolysis) is 1. The molecule has 1 aliphatic rings. The van der Waals surface area contributed by atoms with Gasteiger partial charge < -0.3 is 14.8 Å². The maximum atomic E-state index is 12.0. The van der Waals surface area contributed by atoms with Crippen LogP contribution in [0.15, 0.2) is 72.9 Å². The molecule has 1 amide bonds. The summed E-state index contributed by atoms with van der Waals surface area (Å²) in [6.45, 7) is 0. The smallest absolute Gasteiger partial charge is 0.408 e. The zero-order chi connectivity index (χ0) is 19.3. The Kier molecular flexibility index (Phi) is 4.94. The molecule has 2 aromatic carbocycles. The maximum Gasteiger partial charge on any atom is 0.408 e. The highest BCUT2D eigenvalue weighted by atomic mass is 16.6. The first kappa shape index (κ1) is 17.6. The molecule has 0 spiro atoms. The van der Waals surface area contributed by atoms with Gasteiger partial charge in [0.1, 0.15) is 11.4 Å². The minimum atomic E-state index is -0.458. The van der Waals surface area contributed by atoms with Gasteiger partial charge in [-0.15, -0.1) is 0 Å². The molecule has 2 atom stereocenters. The van der Waals surface area contributed by atoms with Crippen LogP contribution in [0.1, 0.15) is 34.5 Å². The predicted molar refractivity (Wildman–Crippen MR) is 105 cm³/mol. The second kappa shape index (κ2) is 7.85. The second-order valence-corrected chi connectivity index (χ2v) is 6.31. The number of carbonyl (C=O) groups is 1. The van der Waals surface area contributed by atoms with E-state index in [0.717, 1.165) is 16.7 Å². The number of ether oxygens (including phenoxy) is 2. The minimum Gasteiger partial charge on any atom is -0.497 e. The normalized spacial score (nSPS) is 17.8. The van der Waals surface area contributed by atoms with E-state index in [1.807, 2.05) is 66.7 Å². The van der Waals surface area contributed by atoms with Crippen molar-refractivity contribution >= 4 is 6.09 Å². The van der Waals surface area contributed by atoms with Crippen molar-refractivity contribution < 1.29 is 14.3 Å². The molecule has 1 saturated heterocycles. The van der Waals surface area contributed by atoms with Crippen LogP contribution < -0.4 is 10.1 Å². The second-order valence-electron chi connectivity index (χ2n) is 6.31. The fraction of sp³-hybridized carbons (Fsp3) is 0.130. The molecule has 1 aliphatic heterocycles. The molecule has 5 nitrogen and oxygen atoms in total. The highest BCUT2D eigenvalue weighted by molar-refractivity contribution is 5.71. The lowest BCUT2D eigenvalue weighted by atomic mass is 9.96. The molecule has 28 heavy (non-hydrogen) atoms. The first-order valence-corrected chi connectivity index (χ1v) is 8.87. The molecule has 3 aromatic rings. The average Bonchev–Trinajstić information content (AvgIpc) is 3.15. The number of aromatic nitrogens is 1. The SMILES string of the molecule is COc1cccc([C@@H]2OC(=O)N[C@H]2c2ccnc(C#Cc3ccccc3)c2)c1. The van der Waals surface area contributed by atoms with E-state index in [0.29, 0.717) is 11.4 Å². The topological polar surface area (TPSA) is 60.5 Å². The summed E-state index contributed by atoms with van der Waals surface area (Å²) in [5.74, 6) is 6.88. The summed E-state index contributed by atoms with van der Waals surface area (Å²) in [7, 11) is 1.61. The Labute approximate surface area is 163 Å². The lowest BCUT2D eigenvalue weighted by molar-refractivity contribution is 0.132. The van der Waals surface area contributed by atoms with Crippen LogP contribution in [0.25, 0.3) is 0 Å². The van der Waals surface area contributed by atoms with Gasteiger partial charge in [-0.3, -0.25) is 0 Å². The lowest BCUT2D eigenvalue weighted by Crippen LogP contribution is -2.19. The average molecular weight is 370 g/mol. The van der Waals surface area contributed by atoms with E-state index in [2.05, 4.69) is 22.1 Å². The molecule has 0 unspecified atom stereocenters. The van der Waals surface area contributed by atoms with Gasteiger partial charge in [0.05, 0.1) is 13.2 Å². The van der Waals surface area contributed by atoms with Crippen LogP contribution in [0, 0.1) is 11.8 Å². The molecule has 1 fully saturated rings. The molecule has 4 rings (SSSR count). The molecular formula is C23H18N2O3. The molecule has 0 radical (unpaired) electrons. The summed E-state index contributed by atoms with van der Waals surface area (Å²) >= 11 is 0. The summed E-state index contributed by atoms with van der Waals surface area (Å²) < 4.78 is 10.8. The Morgan fingerprint density at radius 3 is 2.68 bits per heavy atom. The van der Waals surface area contributed by atoms with Crippen LogP contribution in [0.3, 0.4) is 0 Å². The van der Waals surface area contributed by atoms with Gasteiger partial charge >= 0.3 is 6.09 Å². The number of nitrogens with zero attached hydrogens (tertiary/aromatic N) is 1. The summed E-state index contributed by atoms with van der Waals surface area (Å²) in [6, 6.07) is 20.6. The third-order valence-electron chi connectivity index (χ3n) is 4.48. The van der Waals surface area contributed by atoms with Gasteiger partial charge in [0.25, 0.3) is 0 Å². The molecule has 1 aromatic heterocycles. The van der Waals surface area contributed by atoms with E-state index in [-0.39, 0.29) is 6.04 Å². The van der Waals surface area contributed by atoms with Crippen LogP contribution in [0.5, 0.6) is 5.75 Å². The Morgan fingerprint density at radius 2 is 1.86 bits per heavy atom. The Morgan fingerprint density at radius 1 is 1.00 bits per heavy atom. The standard InChI is InChI=1S/C23H18N2O3/c1-27-20-9-5-8-18(15-20)22-21(25-23(26)28-22)17-12-13-24-19(14-17)11-10-16-6-3-2-4-7-16/h2-9,12-15,21-22H,1H3,(H,25,26)/t21-,22-/m0/s1. The quantitative estimate of drug-likeness (QED) is 0.708. The van der Waals surface area contributed by atoms with Crippen molar-refractivity contribution in [1.82, 2.24) is 10.3 Å². The number of carbonyl (C=O) groups excluding carboxylic acids is 1. The van der Waals surface area contributed by atoms with Gasteiger partial charge in [0.15, 0.2) is 6.10 Å². The number of pyridine rings is 1. The molecule has 138 valence electrons. The fourth-order valence-electron chi connectivity index (χ4n) is 3.12. The first-order valence-electron chi connectivity index (χ1n) is 8.87. The van der Waals surface area contributed by atoms with E-state index in [1.54, 1.807) is 13.3 Å². The van der Waals surface area contributed by atoms with E-state index < -0.39 is 12.2 Å². The Hall–Kier alpha value is -3.78. The summed E-state index contributed by atoms with van der Waals surface area (Å²) in [4.78, 5) is 16.3. The lowest BCUT2D eigenvalue weighted by Gasteiger charge is -2.18. The van der Waals surface area contributed by atoms with Crippen LogP contribution >= 0.6 is 0 Å². The number of rotatable bonds is 3. The highest BCUT2D eigenvalue weighted by Crippen LogP contribution is 2.37. The molecule has 1 N–H and O–H groups in total. The van der Waals surface area contributed by atoms with Gasteiger partial charge in [0, 0.05) is 11.8 Å². The van der Waals surface area contributed by atoms with Gasteiger partial charge in [-0.05, 0) is 53.4 Å². The zero-order valence-electron chi connectivity index (χ0n) is 15.3. The Bertz CT molecular complexity index is 1050. The molecule has 0 saturated carbocycles. The number of nitrogens with one attached hydrogen (secondary N) is 1. The largest absolute Gasteiger partial charge is 0.497 e. The summed E-state index contributed by atoms with van der Waals surface area (Å²) in [5.41, 5.74) is 3.29. The van der Waals surface area contributed by atoms with E-state index in [9.17, 15) is 4.79 Å². The number of hydrogen-bond acceptors (Lipinski definition) is 4. The van der Waals surface area contributed by atoms with Crippen LogP contribution in [0.4, 0.5) is 4.79 Å². The van der Waals surface area contributed by atoms with E-state index >= 15 is 0 Å². The van der Waals surface area contributed by atoms with Crippen molar-refractivity contribution in [2.24, 2.45) is 0 Å². The minimum absolute atomic E-state index is 0.333. The zero-order valence-corrected chi connectivity index (χ0v) is 15.3. The van der Waals surface area contributed by atoms with Crippen molar-refractivity contribution in [2.45, 2.75) is 12.1 Å². The monoisotopic (exact) mass is 370 g/mol. The van der Waals surface area contributed by atoms with Gasteiger partial charge in [-0.2, -0.15) is 0 Å². The van der Waals surface area contributed by atoms with E-state index in [4.69, 9.17) is 9.47 Å². The van der Waals surface area contributed by atoms with Gasteiger partial charge in [-0.1, -0.05) is 36.3 Å². The highest BCUT2D eigenvalue weighted by Gasteiger charge is 2.36. The van der Waals surface area contributed by atoms with Crippen molar-refractivity contribution in [1.29, 1.82) is 0 Å². The summed E-state index contributed by atoms with van der Waals surface area (Å²) in [5, 5.41) is 2.88. The number of methoxy groups -OCH3 is 1. The van der Waals surface area contributed by atoms with Gasteiger partial charge in [0.2, 0.25) is 0 Å². The third kappa shape index (κ3) is 3.81. The first-order chi connectivity index (χ1) is 13.7. The number of cyclic esters (lactones) is 1. The summed E-state index contributed by atoms with van der Waals surface area (Å²) in [6.07, 6.45) is 0.781. The van der Waals surface area contributed by atoms with Crippen molar-refractivity contribution in [3.63, 3.8) is 0 Å². The number of hydrogen-bond donors (Lipinski definition) is 1. The Balaban J connectivity index is 1.64. The number of amides is 1. The van der Waals surface area contributed by atoms with Gasteiger partial charge in [-0.25, -0.2) is 9.78 Å². The van der Waals surface area contributed by atoms with Crippen LogP contribution in [-0.2, 0) is 4.74 Å². The van der Waals surface area contributed by atoms with Crippen molar-refractivity contribution in [3.8, 4) is 17.6 Å². The predicted octanol–water partition coefficient (Wildman–Crippen LogP) is 4.01. The van der Waals surface area contributed by atoms with E-state index in [1.165, 1.54) is 0 Å². The molecular weight excluding hydrogens is 352 g/mol. The van der Waals surface area contributed by atoms with Crippen LogP contribution in [-0.4, -0.2) is 18.2 Å². The maximum absolute atomic E-state index is 12.0. The third-order valence-corrected chi connectivity index (χ3v) is 4.48.